The molecule has 0 bridgehead atoms. The third kappa shape index (κ3) is 4.80. The molecule has 0 amide bonds. The molecule has 11 heteroatoms. The molecule has 1 aliphatic heterocycles. The molecule has 184 valence electrons. The Balaban J connectivity index is 2.12. The first-order valence-corrected chi connectivity index (χ1v) is 12.8. The van der Waals surface area contributed by atoms with E-state index < -0.39 is 23.6 Å². The van der Waals surface area contributed by atoms with E-state index in [-0.39, 0.29) is 31.2 Å². The summed E-state index contributed by atoms with van der Waals surface area (Å²) in [4.78, 5) is 26.9. The van der Waals surface area contributed by atoms with Crippen LogP contribution in [0.15, 0.2) is 46.8 Å². The van der Waals surface area contributed by atoms with Gasteiger partial charge in [0.15, 0.2) is 0 Å². The van der Waals surface area contributed by atoms with Gasteiger partial charge in [-0.05, 0) is 55.3 Å². The molecular formula is C25H17Cl4N3O3S. The fraction of sp³-hybridized carbons (Fsp3) is 0.160. The summed E-state index contributed by atoms with van der Waals surface area (Å²) in [5.41, 5.74) is 6.88. The van der Waals surface area contributed by atoms with Crippen LogP contribution < -0.4 is 20.5 Å². The highest BCUT2D eigenvalue weighted by atomic mass is 35.5. The summed E-state index contributed by atoms with van der Waals surface area (Å²) >= 11 is 25.9. The number of fused-ring (bicyclic) bond motifs is 1. The van der Waals surface area contributed by atoms with Crippen LogP contribution in [0.1, 0.15) is 30.9 Å². The SMILES string of the molecule is CC(C)OC(=O)C1=c2sc(=Cc3ccc(Cl)cc3Cl)c(=O)n2C(N)=C(C#N)C1c1ccc(Cl)cc1Cl. The second kappa shape index (κ2) is 10.3. The number of carbonyl (C=O) groups is 1. The van der Waals surface area contributed by atoms with E-state index >= 15 is 0 Å². The number of esters is 1. The van der Waals surface area contributed by atoms with Gasteiger partial charge < -0.3 is 10.5 Å². The number of rotatable bonds is 4. The van der Waals surface area contributed by atoms with Crippen LogP contribution in [-0.4, -0.2) is 16.6 Å². The number of aromatic nitrogens is 1. The summed E-state index contributed by atoms with van der Waals surface area (Å²) in [7, 11) is 0. The van der Waals surface area contributed by atoms with Crippen LogP contribution in [0.5, 0.6) is 0 Å². The molecule has 0 fully saturated rings. The summed E-state index contributed by atoms with van der Waals surface area (Å²) in [6.07, 6.45) is 1.12. The average molecular weight is 581 g/mol. The third-order valence-corrected chi connectivity index (χ3v) is 7.59. The first-order valence-electron chi connectivity index (χ1n) is 10.5. The molecule has 6 nitrogen and oxygen atoms in total. The maximum absolute atomic E-state index is 13.5. The molecule has 1 unspecified atom stereocenters. The second-order valence-electron chi connectivity index (χ2n) is 8.10. The largest absolute Gasteiger partial charge is 0.460 e. The van der Waals surface area contributed by atoms with Gasteiger partial charge in [0, 0.05) is 20.1 Å². The van der Waals surface area contributed by atoms with Crippen molar-refractivity contribution < 1.29 is 9.53 Å². The lowest BCUT2D eigenvalue weighted by Crippen LogP contribution is -2.40. The number of halogens is 4. The Kier molecular flexibility index (Phi) is 7.56. The second-order valence-corrected chi connectivity index (χ2v) is 10.8. The molecule has 4 rings (SSSR count). The van der Waals surface area contributed by atoms with E-state index in [0.29, 0.717) is 26.2 Å². The van der Waals surface area contributed by atoms with Crippen molar-refractivity contribution in [3.05, 3.63) is 92.7 Å². The Morgan fingerprint density at radius 3 is 2.36 bits per heavy atom. The van der Waals surface area contributed by atoms with Gasteiger partial charge in [-0.25, -0.2) is 4.79 Å². The van der Waals surface area contributed by atoms with Gasteiger partial charge in [-0.1, -0.05) is 58.5 Å². The van der Waals surface area contributed by atoms with Crippen molar-refractivity contribution >= 4 is 81.2 Å². The Bertz CT molecular complexity index is 1660. The van der Waals surface area contributed by atoms with Crippen LogP contribution in [0.2, 0.25) is 20.1 Å². The highest BCUT2D eigenvalue weighted by Gasteiger charge is 2.37. The van der Waals surface area contributed by atoms with Crippen molar-refractivity contribution in [1.29, 1.82) is 5.26 Å². The van der Waals surface area contributed by atoms with Gasteiger partial charge in [0.2, 0.25) is 0 Å². The smallest absolute Gasteiger partial charge is 0.338 e. The van der Waals surface area contributed by atoms with E-state index in [9.17, 15) is 14.9 Å². The number of hydrogen-bond donors (Lipinski definition) is 1. The van der Waals surface area contributed by atoms with Crippen LogP contribution in [0.3, 0.4) is 0 Å². The van der Waals surface area contributed by atoms with Crippen LogP contribution in [0, 0.1) is 11.3 Å². The first kappa shape index (κ1) is 26.3. The Hall–Kier alpha value is -2.73. The Labute approximate surface area is 230 Å². The lowest BCUT2D eigenvalue weighted by molar-refractivity contribution is -0.140. The number of hydrogen-bond acceptors (Lipinski definition) is 6. The van der Waals surface area contributed by atoms with Gasteiger partial charge in [-0.2, -0.15) is 5.26 Å². The molecule has 1 aliphatic rings. The quantitative estimate of drug-likeness (QED) is 0.442. The minimum absolute atomic E-state index is 0.0154. The highest BCUT2D eigenvalue weighted by Crippen LogP contribution is 2.40. The molecule has 0 saturated heterocycles. The fourth-order valence-corrected chi connectivity index (χ4v) is 5.97. The Morgan fingerprint density at radius 2 is 1.78 bits per heavy atom. The molecule has 1 atom stereocenters. The maximum Gasteiger partial charge on any atom is 0.338 e. The number of thiazole rings is 1. The molecule has 2 heterocycles. The topological polar surface area (TPSA) is 98.1 Å². The van der Waals surface area contributed by atoms with Crippen LogP contribution >= 0.6 is 57.7 Å². The van der Waals surface area contributed by atoms with E-state index in [1.165, 1.54) is 6.07 Å². The van der Waals surface area contributed by atoms with Crippen molar-refractivity contribution in [1.82, 2.24) is 4.57 Å². The maximum atomic E-state index is 13.5. The molecule has 0 spiro atoms. The van der Waals surface area contributed by atoms with Gasteiger partial charge in [0.05, 0.1) is 33.8 Å². The normalized spacial score (nSPS) is 15.8. The van der Waals surface area contributed by atoms with Gasteiger partial charge in [-0.15, -0.1) is 11.3 Å². The standard InChI is InChI=1S/C25H17Cl4N3O3S/c1-11(2)35-25(34)21-20(15-6-5-14(27)9-18(15)29)16(10-30)22(31)32-23(33)19(36-24(21)32)7-12-3-4-13(26)8-17(12)28/h3-9,11,20H,31H2,1-2H3. The number of carbonyl (C=O) groups excluding carboxylic acids is 1. The molecule has 2 N–H and O–H groups in total. The minimum atomic E-state index is -0.976. The molecule has 3 aromatic rings. The number of allylic oxidation sites excluding steroid dienone is 1. The number of nitriles is 1. The van der Waals surface area contributed by atoms with E-state index in [0.717, 1.165) is 15.9 Å². The Morgan fingerprint density at radius 1 is 1.14 bits per heavy atom. The van der Waals surface area contributed by atoms with Crippen molar-refractivity contribution in [2.45, 2.75) is 25.9 Å². The summed E-state index contributed by atoms with van der Waals surface area (Å²) in [5.74, 6) is -1.78. The molecule has 0 aliphatic carbocycles. The highest BCUT2D eigenvalue weighted by molar-refractivity contribution is 7.07. The molecule has 1 aromatic heterocycles. The van der Waals surface area contributed by atoms with Crippen LogP contribution in [0.4, 0.5) is 0 Å². The van der Waals surface area contributed by atoms with Crippen molar-refractivity contribution in [3.63, 3.8) is 0 Å². The lowest BCUT2D eigenvalue weighted by atomic mass is 9.84. The average Bonchev–Trinajstić information content (AvgIpc) is 3.11. The van der Waals surface area contributed by atoms with Gasteiger partial charge >= 0.3 is 5.97 Å². The molecule has 2 aromatic carbocycles. The summed E-state index contributed by atoms with van der Waals surface area (Å²) in [6, 6.07) is 11.6. The number of ether oxygens (including phenoxy) is 1. The molecule has 36 heavy (non-hydrogen) atoms. The molecule has 0 radical (unpaired) electrons. The van der Waals surface area contributed by atoms with E-state index in [1.807, 2.05) is 0 Å². The monoisotopic (exact) mass is 579 g/mol. The van der Waals surface area contributed by atoms with Crippen molar-refractivity contribution in [2.24, 2.45) is 5.73 Å². The zero-order valence-electron chi connectivity index (χ0n) is 18.8. The fourth-order valence-electron chi connectivity index (χ4n) is 3.83. The van der Waals surface area contributed by atoms with Gasteiger partial charge in [0.25, 0.3) is 5.56 Å². The first-order chi connectivity index (χ1) is 17.0. The summed E-state index contributed by atoms with van der Waals surface area (Å²) in [6.45, 7) is 3.40. The van der Waals surface area contributed by atoms with Crippen LogP contribution in [-0.2, 0) is 9.53 Å². The summed E-state index contributed by atoms with van der Waals surface area (Å²) in [5, 5.41) is 11.5. The minimum Gasteiger partial charge on any atom is -0.460 e. The van der Waals surface area contributed by atoms with Crippen LogP contribution in [0.25, 0.3) is 17.5 Å². The van der Waals surface area contributed by atoms with Crippen molar-refractivity contribution in [3.8, 4) is 6.07 Å². The zero-order chi connectivity index (χ0) is 26.3. The predicted molar refractivity (Wildman–Crippen MR) is 145 cm³/mol. The number of benzene rings is 2. The number of nitrogens with two attached hydrogens (primary N) is 1. The summed E-state index contributed by atoms with van der Waals surface area (Å²) < 4.78 is 7.14. The van der Waals surface area contributed by atoms with E-state index in [1.54, 1.807) is 50.3 Å². The van der Waals surface area contributed by atoms with Gasteiger partial charge in [-0.3, -0.25) is 9.36 Å². The van der Waals surface area contributed by atoms with Crippen molar-refractivity contribution in [2.75, 3.05) is 0 Å². The molecular weight excluding hydrogens is 564 g/mol. The van der Waals surface area contributed by atoms with E-state index in [4.69, 9.17) is 56.9 Å². The predicted octanol–water partition coefficient (Wildman–Crippen LogP) is 4.90. The third-order valence-electron chi connectivity index (χ3n) is 5.35. The van der Waals surface area contributed by atoms with Gasteiger partial charge in [0.1, 0.15) is 10.5 Å². The van der Waals surface area contributed by atoms with E-state index in [2.05, 4.69) is 6.07 Å². The lowest BCUT2D eigenvalue weighted by Gasteiger charge is -2.26. The number of nitrogens with zero attached hydrogens (tertiary/aromatic N) is 2. The zero-order valence-corrected chi connectivity index (χ0v) is 22.7. The molecule has 0 saturated carbocycles.